The van der Waals surface area contributed by atoms with Gasteiger partial charge in [0.1, 0.15) is 0 Å². The van der Waals surface area contributed by atoms with Gasteiger partial charge in [-0.25, -0.2) is 9.79 Å². The summed E-state index contributed by atoms with van der Waals surface area (Å²) in [6, 6.07) is 0.430. The van der Waals surface area contributed by atoms with E-state index in [0.29, 0.717) is 32.2 Å². The Kier molecular flexibility index (Phi) is 25.1. The second kappa shape index (κ2) is 16.4. The van der Waals surface area contributed by atoms with Gasteiger partial charge in [0.2, 0.25) is 6.08 Å². The van der Waals surface area contributed by atoms with Crippen molar-refractivity contribution in [2.24, 2.45) is 4.99 Å². The molecule has 0 bridgehead atoms. The van der Waals surface area contributed by atoms with Crippen LogP contribution in [0.15, 0.2) is 4.99 Å². The molecule has 0 radical (unpaired) electrons. The van der Waals surface area contributed by atoms with Gasteiger partial charge in [-0.1, -0.05) is 0 Å². The van der Waals surface area contributed by atoms with Crippen molar-refractivity contribution in [3.63, 3.8) is 0 Å². The molecule has 0 atom stereocenters. The van der Waals surface area contributed by atoms with Gasteiger partial charge in [-0.3, -0.25) is 0 Å². The summed E-state index contributed by atoms with van der Waals surface area (Å²) in [5, 5.41) is 0. The first-order chi connectivity index (χ1) is 6.68. The number of carbonyl (C=O) groups excluding carboxylic acids is 1. The van der Waals surface area contributed by atoms with Gasteiger partial charge in [0.25, 0.3) is 0 Å². The summed E-state index contributed by atoms with van der Waals surface area (Å²) >= 11 is 0. The summed E-state index contributed by atoms with van der Waals surface area (Å²) < 4.78 is 10.4. The number of hydrogen-bond donors (Lipinski definition) is 1. The molecule has 7 heteroatoms. The van der Waals surface area contributed by atoms with Crippen LogP contribution >= 0.6 is 0 Å². The predicted molar refractivity (Wildman–Crippen MR) is 66.5 cm³/mol. The van der Waals surface area contributed by atoms with E-state index in [9.17, 15) is 9.59 Å². The van der Waals surface area contributed by atoms with Crippen LogP contribution in [0.2, 0.25) is 6.04 Å². The molecule has 0 fully saturated rings. The molecule has 0 aliphatic heterocycles. The van der Waals surface area contributed by atoms with Crippen molar-refractivity contribution in [2.75, 3.05) is 19.8 Å². The van der Waals surface area contributed by atoms with E-state index < -0.39 is 8.80 Å². The number of isocyanates is 1. The van der Waals surface area contributed by atoms with Crippen LogP contribution < -0.4 is 0 Å². The molecule has 1 N–H and O–H groups in total. The molecule has 0 heterocycles. The fourth-order valence-electron chi connectivity index (χ4n) is 1.06. The normalized spacial score (nSPS) is 9.12. The minimum atomic E-state index is -2.99. The van der Waals surface area contributed by atoms with E-state index in [-0.39, 0.29) is 41.1 Å². The first-order valence-corrected chi connectivity index (χ1v) is 6.69. The smallest absolute Gasteiger partial charge is 0.390 e. The van der Waals surface area contributed by atoms with Gasteiger partial charge in [-0.2, -0.15) is 0 Å². The maximum Gasteiger partial charge on any atom is 2.00 e. The molecule has 0 spiro atoms. The number of nitrogens with zero attached hydrogens (tertiary/aromatic N) is 1. The van der Waals surface area contributed by atoms with Crippen molar-refractivity contribution in [1.82, 2.24) is 0 Å². The third kappa shape index (κ3) is 14.3. The predicted octanol–water partition coefficient (Wildman–Crippen LogP) is 1.61. The molecule has 0 aromatic heterocycles. The summed E-state index contributed by atoms with van der Waals surface area (Å²) in [7, 11) is -2.99. The molecule has 5 nitrogen and oxygen atoms in total. The molecular formula is C10H23NO4SiZr. The third-order valence-corrected chi connectivity index (χ3v) is 4.03. The van der Waals surface area contributed by atoms with Gasteiger partial charge < -0.3 is 28.5 Å². The summed E-state index contributed by atoms with van der Waals surface area (Å²) in [6.45, 7) is 4.83. The second-order valence-corrected chi connectivity index (χ2v) is 5.16. The van der Waals surface area contributed by atoms with Crippen molar-refractivity contribution >= 4 is 14.9 Å². The Labute approximate surface area is 125 Å². The molecule has 100 valence electrons. The van der Waals surface area contributed by atoms with Crippen molar-refractivity contribution in [3.8, 4) is 0 Å². The molecule has 0 unspecified atom stereocenters. The minimum absolute atomic E-state index is 0. The molecule has 0 aromatic rings. The quantitative estimate of drug-likeness (QED) is 0.240. The second-order valence-electron chi connectivity index (χ2n) is 2.66. The fraction of sp³-hybridized carbons (Fsp3) is 0.700. The Morgan fingerprint density at radius 3 is 2.06 bits per heavy atom. The van der Waals surface area contributed by atoms with Gasteiger partial charge in [0.05, 0.1) is 6.54 Å². The zero-order valence-electron chi connectivity index (χ0n) is 11.2. The largest absolute Gasteiger partial charge is 2.00 e. The Morgan fingerprint density at radius 1 is 1.24 bits per heavy atom. The Hall–Kier alpha value is 0.360. The zero-order valence-corrected chi connectivity index (χ0v) is 14.6. The first-order valence-electron chi connectivity index (χ1n) is 4.72. The molecule has 0 aliphatic carbocycles. The van der Waals surface area contributed by atoms with Crippen LogP contribution in [-0.2, 0) is 39.8 Å². The van der Waals surface area contributed by atoms with Gasteiger partial charge >= 0.3 is 35.0 Å². The van der Waals surface area contributed by atoms with Gasteiger partial charge in [-0.05, 0) is 20.3 Å². The van der Waals surface area contributed by atoms with Crippen molar-refractivity contribution in [3.05, 3.63) is 14.9 Å². The summed E-state index contributed by atoms with van der Waals surface area (Å²) in [5.41, 5.74) is 0. The monoisotopic (exact) mass is 339 g/mol. The summed E-state index contributed by atoms with van der Waals surface area (Å²) in [6.07, 6.45) is 2.03. The van der Waals surface area contributed by atoms with Crippen molar-refractivity contribution in [2.45, 2.75) is 26.3 Å². The van der Waals surface area contributed by atoms with Gasteiger partial charge in [0.15, 0.2) is 0 Å². The fourth-order valence-corrected chi connectivity index (χ4v) is 2.94. The van der Waals surface area contributed by atoms with E-state index in [0.717, 1.165) is 0 Å². The SMILES string of the molecule is CCO[Si](O)(CCCN=C=O)OCC.[CH3-].[CH3-].[Zr+2]. The molecule has 17 heavy (non-hydrogen) atoms. The van der Waals surface area contributed by atoms with E-state index >= 15 is 0 Å². The van der Waals surface area contributed by atoms with Crippen LogP contribution in [0.5, 0.6) is 0 Å². The van der Waals surface area contributed by atoms with Crippen LogP contribution in [0.25, 0.3) is 0 Å². The molecule has 0 saturated heterocycles. The summed E-state index contributed by atoms with van der Waals surface area (Å²) in [5.74, 6) is 0. The van der Waals surface area contributed by atoms with Crippen molar-refractivity contribution < 1.29 is 44.6 Å². The zero-order chi connectivity index (χ0) is 10.9. The average Bonchev–Trinajstić information content (AvgIpc) is 2.13. The van der Waals surface area contributed by atoms with E-state index in [4.69, 9.17) is 8.85 Å². The molecular weight excluding hydrogens is 317 g/mol. The van der Waals surface area contributed by atoms with Gasteiger partial charge in [0, 0.05) is 19.3 Å². The average molecular weight is 341 g/mol. The maximum absolute atomic E-state index is 9.86. The summed E-state index contributed by atoms with van der Waals surface area (Å²) in [4.78, 5) is 23.0. The Bertz CT molecular complexity index is 195. The molecule has 0 saturated carbocycles. The number of hydrogen-bond acceptors (Lipinski definition) is 5. The van der Waals surface area contributed by atoms with Gasteiger partial charge in [-0.15, -0.1) is 0 Å². The molecule has 0 aliphatic rings. The third-order valence-electron chi connectivity index (χ3n) is 1.57. The number of aliphatic imine (C=N–C) groups is 1. The Morgan fingerprint density at radius 2 is 1.71 bits per heavy atom. The molecule has 0 rings (SSSR count). The van der Waals surface area contributed by atoms with Crippen LogP contribution in [0, 0.1) is 14.9 Å². The Balaban J connectivity index is -0.000000282. The first kappa shape index (κ1) is 26.0. The van der Waals surface area contributed by atoms with E-state index in [1.54, 1.807) is 13.8 Å². The van der Waals surface area contributed by atoms with Crippen LogP contribution in [0.4, 0.5) is 0 Å². The number of rotatable bonds is 8. The van der Waals surface area contributed by atoms with Crippen LogP contribution in [0.1, 0.15) is 20.3 Å². The van der Waals surface area contributed by atoms with E-state index in [1.165, 1.54) is 6.08 Å². The molecule has 0 aromatic carbocycles. The standard InChI is InChI=1S/C8H17NO4Si.2CH3.Zr/c1-3-12-14(11,13-4-2)7-5-6-9-8-10;;;/h11H,3-7H2,1-2H3;2*1H3;/q;2*-1;+2. The van der Waals surface area contributed by atoms with E-state index in [2.05, 4.69) is 4.99 Å². The van der Waals surface area contributed by atoms with Crippen LogP contribution in [-0.4, -0.2) is 39.4 Å². The maximum atomic E-state index is 9.86. The van der Waals surface area contributed by atoms with E-state index in [1.807, 2.05) is 0 Å². The van der Waals surface area contributed by atoms with Crippen LogP contribution in [0.3, 0.4) is 0 Å². The van der Waals surface area contributed by atoms with Crippen molar-refractivity contribution in [1.29, 1.82) is 0 Å². The molecule has 0 amide bonds. The topological polar surface area (TPSA) is 68.1 Å². The minimum Gasteiger partial charge on any atom is -0.390 e.